The fraction of sp³-hybridized carbons (Fsp3) is 0.304. The smallest absolute Gasteiger partial charge is 0.128 e. The maximum Gasteiger partial charge on any atom is 0.128 e. The first-order valence-electron chi connectivity index (χ1n) is 9.77. The zero-order chi connectivity index (χ0) is 19.3. The van der Waals surface area contributed by atoms with Gasteiger partial charge in [0.05, 0.1) is 23.0 Å². The van der Waals surface area contributed by atoms with Gasteiger partial charge in [-0.15, -0.1) is 0 Å². The van der Waals surface area contributed by atoms with E-state index in [1.165, 1.54) is 11.3 Å². The summed E-state index contributed by atoms with van der Waals surface area (Å²) in [4.78, 5) is 16.5. The van der Waals surface area contributed by atoms with Crippen molar-refractivity contribution in [2.45, 2.75) is 39.3 Å². The Balaban J connectivity index is 1.49. The molecule has 0 N–H and O–H groups in total. The molecule has 1 aromatic carbocycles. The number of benzene rings is 1. The minimum absolute atomic E-state index is 0.653. The standard InChI is InChI=1S/C23H23N5/c1-2-5-23-25-14-19-15-28(11-10-22(19)27-23)16-20-8-4-9-21(26-20)18-7-3-6-17(12-18)13-24/h3-4,6-9,12,14H,2,5,10-11,15-16H2,1H3. The SMILES string of the molecule is CCCc1ncc2c(n1)CCN(Cc1cccc(-c3cccc(C#N)c3)n1)C2. The van der Waals surface area contributed by atoms with E-state index >= 15 is 0 Å². The van der Waals surface area contributed by atoms with Gasteiger partial charge in [0.2, 0.25) is 0 Å². The van der Waals surface area contributed by atoms with Gasteiger partial charge in [-0.3, -0.25) is 9.88 Å². The summed E-state index contributed by atoms with van der Waals surface area (Å²) in [5, 5.41) is 9.12. The van der Waals surface area contributed by atoms with E-state index in [4.69, 9.17) is 15.2 Å². The van der Waals surface area contributed by atoms with E-state index in [1.807, 2.05) is 42.6 Å². The van der Waals surface area contributed by atoms with Crippen molar-refractivity contribution >= 4 is 0 Å². The maximum atomic E-state index is 9.12. The molecule has 0 atom stereocenters. The molecule has 1 aliphatic rings. The highest BCUT2D eigenvalue weighted by molar-refractivity contribution is 5.61. The number of hydrogen-bond donors (Lipinski definition) is 0. The van der Waals surface area contributed by atoms with Crippen LogP contribution in [0.5, 0.6) is 0 Å². The number of hydrogen-bond acceptors (Lipinski definition) is 5. The average Bonchev–Trinajstić information content (AvgIpc) is 2.74. The Morgan fingerprint density at radius 3 is 2.89 bits per heavy atom. The Morgan fingerprint density at radius 2 is 2.04 bits per heavy atom. The molecule has 2 aromatic heterocycles. The third kappa shape index (κ3) is 4.08. The predicted octanol–water partition coefficient (Wildman–Crippen LogP) is 3.92. The van der Waals surface area contributed by atoms with Crippen molar-refractivity contribution in [2.24, 2.45) is 0 Å². The van der Waals surface area contributed by atoms with E-state index in [-0.39, 0.29) is 0 Å². The van der Waals surface area contributed by atoms with Crippen LogP contribution < -0.4 is 0 Å². The van der Waals surface area contributed by atoms with E-state index in [0.717, 1.165) is 61.7 Å². The molecule has 1 aliphatic heterocycles. The Morgan fingerprint density at radius 1 is 1.14 bits per heavy atom. The predicted molar refractivity (Wildman–Crippen MR) is 108 cm³/mol. The van der Waals surface area contributed by atoms with Gasteiger partial charge in [0.25, 0.3) is 0 Å². The topological polar surface area (TPSA) is 65.7 Å². The zero-order valence-corrected chi connectivity index (χ0v) is 16.1. The molecule has 0 bridgehead atoms. The molecular formula is C23H23N5. The van der Waals surface area contributed by atoms with Crippen molar-refractivity contribution in [2.75, 3.05) is 6.54 Å². The van der Waals surface area contributed by atoms with Crippen LogP contribution in [-0.2, 0) is 25.9 Å². The van der Waals surface area contributed by atoms with Crippen LogP contribution in [0.25, 0.3) is 11.3 Å². The van der Waals surface area contributed by atoms with E-state index in [9.17, 15) is 0 Å². The van der Waals surface area contributed by atoms with Crippen molar-refractivity contribution in [3.8, 4) is 17.3 Å². The van der Waals surface area contributed by atoms with Crippen molar-refractivity contribution in [3.63, 3.8) is 0 Å². The highest BCUT2D eigenvalue weighted by Gasteiger charge is 2.19. The summed E-state index contributed by atoms with van der Waals surface area (Å²) in [5.74, 6) is 0.962. The molecule has 0 amide bonds. The summed E-state index contributed by atoms with van der Waals surface area (Å²) in [6.45, 7) is 4.78. The summed E-state index contributed by atoms with van der Waals surface area (Å²) in [5.41, 5.74) is 5.99. The quantitative estimate of drug-likeness (QED) is 0.682. The highest BCUT2D eigenvalue weighted by Crippen LogP contribution is 2.21. The molecule has 5 heteroatoms. The van der Waals surface area contributed by atoms with E-state index in [2.05, 4.69) is 28.9 Å². The first-order chi connectivity index (χ1) is 13.7. The summed E-state index contributed by atoms with van der Waals surface area (Å²) in [7, 11) is 0. The van der Waals surface area contributed by atoms with Gasteiger partial charge in [0.15, 0.2) is 0 Å². The zero-order valence-electron chi connectivity index (χ0n) is 16.1. The molecular weight excluding hydrogens is 346 g/mol. The van der Waals surface area contributed by atoms with Crippen LogP contribution >= 0.6 is 0 Å². The van der Waals surface area contributed by atoms with Crippen LogP contribution in [-0.4, -0.2) is 26.4 Å². The van der Waals surface area contributed by atoms with Crippen molar-refractivity contribution < 1.29 is 0 Å². The first kappa shape index (κ1) is 18.3. The molecule has 0 radical (unpaired) electrons. The van der Waals surface area contributed by atoms with Crippen LogP contribution in [0.15, 0.2) is 48.7 Å². The number of nitriles is 1. The lowest BCUT2D eigenvalue weighted by Gasteiger charge is -2.27. The van der Waals surface area contributed by atoms with Gasteiger partial charge in [0.1, 0.15) is 5.82 Å². The van der Waals surface area contributed by atoms with Crippen LogP contribution in [0.2, 0.25) is 0 Å². The minimum Gasteiger partial charge on any atom is -0.293 e. The maximum absolute atomic E-state index is 9.12. The first-order valence-corrected chi connectivity index (χ1v) is 9.77. The Bertz CT molecular complexity index is 1020. The van der Waals surface area contributed by atoms with Crippen molar-refractivity contribution in [1.82, 2.24) is 19.9 Å². The van der Waals surface area contributed by atoms with Gasteiger partial charge in [-0.25, -0.2) is 9.97 Å². The van der Waals surface area contributed by atoms with E-state index in [0.29, 0.717) is 5.56 Å². The van der Waals surface area contributed by atoms with E-state index < -0.39 is 0 Å². The third-order valence-corrected chi connectivity index (χ3v) is 5.02. The Kier molecular flexibility index (Phi) is 5.41. The van der Waals surface area contributed by atoms with Gasteiger partial charge in [0, 0.05) is 55.5 Å². The fourth-order valence-electron chi connectivity index (χ4n) is 3.60. The summed E-state index contributed by atoms with van der Waals surface area (Å²) in [6.07, 6.45) is 4.97. The number of aromatic nitrogens is 3. The molecule has 5 nitrogen and oxygen atoms in total. The lowest BCUT2D eigenvalue weighted by molar-refractivity contribution is 0.240. The number of rotatable bonds is 5. The highest BCUT2D eigenvalue weighted by atomic mass is 15.1. The molecule has 0 saturated carbocycles. The van der Waals surface area contributed by atoms with Gasteiger partial charge >= 0.3 is 0 Å². The molecule has 0 aliphatic carbocycles. The largest absolute Gasteiger partial charge is 0.293 e. The Hall–Kier alpha value is -3.10. The molecule has 0 unspecified atom stereocenters. The molecule has 28 heavy (non-hydrogen) atoms. The summed E-state index contributed by atoms with van der Waals surface area (Å²) in [6, 6.07) is 15.9. The van der Waals surface area contributed by atoms with Crippen molar-refractivity contribution in [1.29, 1.82) is 5.26 Å². The summed E-state index contributed by atoms with van der Waals surface area (Å²) >= 11 is 0. The van der Waals surface area contributed by atoms with Crippen LogP contribution in [0.1, 0.15) is 41.7 Å². The minimum atomic E-state index is 0.653. The second-order valence-corrected chi connectivity index (χ2v) is 7.18. The molecule has 3 aromatic rings. The number of fused-ring (bicyclic) bond motifs is 1. The molecule has 0 fully saturated rings. The second-order valence-electron chi connectivity index (χ2n) is 7.18. The molecule has 3 heterocycles. The van der Waals surface area contributed by atoms with Gasteiger partial charge in [-0.05, 0) is 30.7 Å². The normalized spacial score (nSPS) is 13.7. The van der Waals surface area contributed by atoms with Gasteiger partial charge < -0.3 is 0 Å². The number of aryl methyl sites for hydroxylation is 1. The van der Waals surface area contributed by atoms with Crippen LogP contribution in [0.4, 0.5) is 0 Å². The number of nitrogens with zero attached hydrogens (tertiary/aromatic N) is 5. The average molecular weight is 369 g/mol. The molecule has 0 spiro atoms. The molecule has 4 rings (SSSR count). The monoisotopic (exact) mass is 369 g/mol. The van der Waals surface area contributed by atoms with E-state index in [1.54, 1.807) is 0 Å². The molecule has 0 saturated heterocycles. The van der Waals surface area contributed by atoms with Crippen LogP contribution in [0, 0.1) is 11.3 Å². The summed E-state index contributed by atoms with van der Waals surface area (Å²) < 4.78 is 0. The lowest BCUT2D eigenvalue weighted by Crippen LogP contribution is -2.31. The second kappa shape index (κ2) is 8.28. The Labute approximate surface area is 165 Å². The fourth-order valence-corrected chi connectivity index (χ4v) is 3.60. The van der Waals surface area contributed by atoms with Gasteiger partial charge in [-0.1, -0.05) is 25.1 Å². The van der Waals surface area contributed by atoms with Gasteiger partial charge in [-0.2, -0.15) is 5.26 Å². The lowest BCUT2D eigenvalue weighted by atomic mass is 10.1. The van der Waals surface area contributed by atoms with Crippen molar-refractivity contribution in [3.05, 3.63) is 77.0 Å². The third-order valence-electron chi connectivity index (χ3n) is 5.02. The number of pyridine rings is 1. The van der Waals surface area contributed by atoms with Crippen LogP contribution in [0.3, 0.4) is 0 Å². The molecule has 140 valence electrons.